The van der Waals surface area contributed by atoms with Gasteiger partial charge in [0.25, 0.3) is 5.91 Å². The second-order valence-corrected chi connectivity index (χ2v) is 6.41. The molecule has 3 heterocycles. The number of likely N-dealkylation sites (tertiary alicyclic amines) is 1. The van der Waals surface area contributed by atoms with E-state index in [-0.39, 0.29) is 11.3 Å². The van der Waals surface area contributed by atoms with Crippen LogP contribution < -0.4 is 0 Å². The fourth-order valence-electron chi connectivity index (χ4n) is 2.57. The molecule has 1 aliphatic heterocycles. The van der Waals surface area contributed by atoms with Gasteiger partial charge in [-0.25, -0.2) is 4.98 Å². The molecule has 0 saturated carbocycles. The SMILES string of the molecule is Cc1cc(C(=O)N2CCC(C)(c3nccs3)CC2)no1. The van der Waals surface area contributed by atoms with Crippen molar-refractivity contribution >= 4 is 17.2 Å². The van der Waals surface area contributed by atoms with Crippen molar-refractivity contribution in [1.82, 2.24) is 15.0 Å². The van der Waals surface area contributed by atoms with Crippen molar-refractivity contribution in [3.63, 3.8) is 0 Å². The minimum atomic E-state index is -0.0389. The van der Waals surface area contributed by atoms with Crippen LogP contribution in [0, 0.1) is 6.92 Å². The second kappa shape index (κ2) is 5.01. The van der Waals surface area contributed by atoms with Crippen molar-refractivity contribution < 1.29 is 9.32 Å². The Labute approximate surface area is 121 Å². The molecule has 0 spiro atoms. The molecule has 0 atom stereocenters. The number of carbonyl (C=O) groups excluding carboxylic acids is 1. The van der Waals surface area contributed by atoms with Gasteiger partial charge in [0, 0.05) is 36.1 Å². The Morgan fingerprint density at radius 1 is 1.45 bits per heavy atom. The van der Waals surface area contributed by atoms with Crippen LogP contribution in [0.5, 0.6) is 0 Å². The third kappa shape index (κ3) is 2.35. The molecule has 0 radical (unpaired) electrons. The van der Waals surface area contributed by atoms with Crippen LogP contribution >= 0.6 is 11.3 Å². The molecule has 1 saturated heterocycles. The van der Waals surface area contributed by atoms with Gasteiger partial charge in [-0.2, -0.15) is 0 Å². The topological polar surface area (TPSA) is 59.2 Å². The number of hydrogen-bond acceptors (Lipinski definition) is 5. The lowest BCUT2D eigenvalue weighted by atomic mass is 9.81. The molecule has 0 N–H and O–H groups in total. The molecule has 106 valence electrons. The molecule has 20 heavy (non-hydrogen) atoms. The fraction of sp³-hybridized carbons (Fsp3) is 0.500. The zero-order valence-electron chi connectivity index (χ0n) is 11.6. The number of amides is 1. The lowest BCUT2D eigenvalue weighted by Gasteiger charge is -2.37. The molecule has 1 amide bonds. The predicted octanol–water partition coefficient (Wildman–Crippen LogP) is 2.63. The van der Waals surface area contributed by atoms with E-state index in [9.17, 15) is 4.79 Å². The quantitative estimate of drug-likeness (QED) is 0.853. The first-order valence-electron chi connectivity index (χ1n) is 6.71. The van der Waals surface area contributed by atoms with Gasteiger partial charge in [-0.05, 0) is 19.8 Å². The molecule has 1 fully saturated rings. The first-order chi connectivity index (χ1) is 9.58. The summed E-state index contributed by atoms with van der Waals surface area (Å²) < 4.78 is 4.97. The van der Waals surface area contributed by atoms with Gasteiger partial charge < -0.3 is 9.42 Å². The van der Waals surface area contributed by atoms with Gasteiger partial charge in [-0.3, -0.25) is 4.79 Å². The highest BCUT2D eigenvalue weighted by Crippen LogP contribution is 2.36. The summed E-state index contributed by atoms with van der Waals surface area (Å²) in [5.74, 6) is 0.626. The standard InChI is InChI=1S/C14H17N3O2S/c1-10-9-11(16-19-10)12(18)17-6-3-14(2,4-7-17)13-15-5-8-20-13/h5,8-9H,3-4,6-7H2,1-2H3. The lowest BCUT2D eigenvalue weighted by Crippen LogP contribution is -2.44. The van der Waals surface area contributed by atoms with Crippen molar-refractivity contribution in [1.29, 1.82) is 0 Å². The Morgan fingerprint density at radius 2 is 2.20 bits per heavy atom. The fourth-order valence-corrected chi connectivity index (χ4v) is 3.43. The van der Waals surface area contributed by atoms with Crippen LogP contribution in [-0.2, 0) is 5.41 Å². The van der Waals surface area contributed by atoms with Gasteiger partial charge in [0.15, 0.2) is 5.69 Å². The first kappa shape index (κ1) is 13.3. The molecule has 3 rings (SSSR count). The summed E-state index contributed by atoms with van der Waals surface area (Å²) in [4.78, 5) is 18.6. The summed E-state index contributed by atoms with van der Waals surface area (Å²) in [5.41, 5.74) is 0.491. The highest BCUT2D eigenvalue weighted by molar-refractivity contribution is 7.09. The molecule has 0 aliphatic carbocycles. The van der Waals surface area contributed by atoms with E-state index in [2.05, 4.69) is 17.1 Å². The largest absolute Gasteiger partial charge is 0.361 e. The minimum absolute atomic E-state index is 0.0389. The number of aryl methyl sites for hydroxylation is 1. The molecule has 6 heteroatoms. The van der Waals surface area contributed by atoms with Crippen LogP contribution in [0.25, 0.3) is 0 Å². The minimum Gasteiger partial charge on any atom is -0.361 e. The van der Waals surface area contributed by atoms with E-state index in [0.29, 0.717) is 11.5 Å². The Balaban J connectivity index is 1.68. The molecule has 2 aromatic rings. The van der Waals surface area contributed by atoms with E-state index in [0.717, 1.165) is 25.9 Å². The van der Waals surface area contributed by atoms with Crippen LogP contribution in [0.1, 0.15) is 41.0 Å². The van der Waals surface area contributed by atoms with Gasteiger partial charge in [0.1, 0.15) is 5.76 Å². The van der Waals surface area contributed by atoms with Crippen LogP contribution in [0.4, 0.5) is 0 Å². The number of thiazole rings is 1. The zero-order chi connectivity index (χ0) is 14.2. The number of nitrogens with zero attached hydrogens (tertiary/aromatic N) is 3. The molecule has 0 aromatic carbocycles. The zero-order valence-corrected chi connectivity index (χ0v) is 12.4. The monoisotopic (exact) mass is 291 g/mol. The van der Waals surface area contributed by atoms with Crippen molar-refractivity contribution in [2.45, 2.75) is 32.1 Å². The summed E-state index contributed by atoms with van der Waals surface area (Å²) in [6.45, 7) is 5.50. The average Bonchev–Trinajstić information content (AvgIpc) is 3.10. The number of carbonyl (C=O) groups is 1. The van der Waals surface area contributed by atoms with Gasteiger partial charge in [0.05, 0.1) is 5.01 Å². The molecule has 0 bridgehead atoms. The van der Waals surface area contributed by atoms with Gasteiger partial charge >= 0.3 is 0 Å². The van der Waals surface area contributed by atoms with E-state index in [1.54, 1.807) is 24.3 Å². The Morgan fingerprint density at radius 3 is 2.75 bits per heavy atom. The Kier molecular flexibility index (Phi) is 3.33. The Bertz CT molecular complexity index is 598. The summed E-state index contributed by atoms with van der Waals surface area (Å²) in [5, 5.41) is 6.98. The highest BCUT2D eigenvalue weighted by Gasteiger charge is 2.35. The van der Waals surface area contributed by atoms with E-state index in [1.165, 1.54) is 5.01 Å². The average molecular weight is 291 g/mol. The molecule has 2 aromatic heterocycles. The number of aromatic nitrogens is 2. The van der Waals surface area contributed by atoms with E-state index >= 15 is 0 Å². The third-order valence-electron chi connectivity index (χ3n) is 3.95. The molecular formula is C14H17N3O2S. The lowest BCUT2D eigenvalue weighted by molar-refractivity contribution is 0.0665. The van der Waals surface area contributed by atoms with E-state index in [4.69, 9.17) is 4.52 Å². The smallest absolute Gasteiger partial charge is 0.276 e. The van der Waals surface area contributed by atoms with Crippen molar-refractivity contribution in [3.8, 4) is 0 Å². The second-order valence-electron chi connectivity index (χ2n) is 5.51. The maximum absolute atomic E-state index is 12.3. The number of rotatable bonds is 2. The normalized spacial score (nSPS) is 18.2. The Hall–Kier alpha value is -1.69. The van der Waals surface area contributed by atoms with E-state index in [1.807, 2.05) is 16.5 Å². The highest BCUT2D eigenvalue weighted by atomic mass is 32.1. The third-order valence-corrected chi connectivity index (χ3v) is 5.03. The maximum atomic E-state index is 12.3. The van der Waals surface area contributed by atoms with Gasteiger partial charge in [0.2, 0.25) is 0 Å². The molecular weight excluding hydrogens is 274 g/mol. The van der Waals surface area contributed by atoms with E-state index < -0.39 is 0 Å². The van der Waals surface area contributed by atoms with Crippen molar-refractivity contribution in [2.75, 3.05) is 13.1 Å². The molecule has 1 aliphatic rings. The van der Waals surface area contributed by atoms with Gasteiger partial charge in [-0.15, -0.1) is 11.3 Å². The summed E-state index contributed by atoms with van der Waals surface area (Å²) >= 11 is 1.70. The summed E-state index contributed by atoms with van der Waals surface area (Å²) in [6.07, 6.45) is 3.72. The summed E-state index contributed by atoms with van der Waals surface area (Å²) in [6, 6.07) is 1.69. The molecule has 5 nitrogen and oxygen atoms in total. The molecule has 0 unspecified atom stereocenters. The number of hydrogen-bond donors (Lipinski definition) is 0. The van der Waals surface area contributed by atoms with Crippen LogP contribution in [0.3, 0.4) is 0 Å². The van der Waals surface area contributed by atoms with Gasteiger partial charge in [-0.1, -0.05) is 12.1 Å². The summed E-state index contributed by atoms with van der Waals surface area (Å²) in [7, 11) is 0. The predicted molar refractivity (Wildman–Crippen MR) is 75.8 cm³/mol. The van der Waals surface area contributed by atoms with Crippen LogP contribution in [0.2, 0.25) is 0 Å². The van der Waals surface area contributed by atoms with Crippen molar-refractivity contribution in [2.24, 2.45) is 0 Å². The van der Waals surface area contributed by atoms with Crippen LogP contribution in [0.15, 0.2) is 22.2 Å². The first-order valence-corrected chi connectivity index (χ1v) is 7.59. The maximum Gasteiger partial charge on any atom is 0.276 e. The van der Waals surface area contributed by atoms with Crippen LogP contribution in [-0.4, -0.2) is 34.0 Å². The van der Waals surface area contributed by atoms with Crippen molar-refractivity contribution in [3.05, 3.63) is 34.1 Å². The number of piperidine rings is 1.